The van der Waals surface area contributed by atoms with E-state index in [1.54, 1.807) is 0 Å². The van der Waals surface area contributed by atoms with E-state index >= 15 is 0 Å². The van der Waals surface area contributed by atoms with Crippen LogP contribution in [0.4, 0.5) is 5.69 Å². The zero-order chi connectivity index (χ0) is 11.6. The fourth-order valence-corrected chi connectivity index (χ4v) is 2.45. The summed E-state index contributed by atoms with van der Waals surface area (Å²) in [5, 5.41) is 0. The van der Waals surface area contributed by atoms with Crippen LogP contribution in [-0.4, -0.2) is 13.6 Å². The van der Waals surface area contributed by atoms with Gasteiger partial charge in [-0.05, 0) is 25.0 Å². The second kappa shape index (κ2) is 4.22. The molecule has 2 rings (SSSR count). The number of hydrogen-bond acceptors (Lipinski definition) is 1. The summed E-state index contributed by atoms with van der Waals surface area (Å²) < 4.78 is 0. The highest BCUT2D eigenvalue weighted by molar-refractivity contribution is 5.58. The average Bonchev–Trinajstić information content (AvgIpc) is 2.32. The number of anilines is 1. The lowest BCUT2D eigenvalue weighted by Crippen LogP contribution is -2.36. The Kier molecular flexibility index (Phi) is 2.92. The molecule has 1 heteroatoms. The quantitative estimate of drug-likeness (QED) is 0.648. The van der Waals surface area contributed by atoms with Gasteiger partial charge in [0.05, 0.1) is 0 Å². The van der Waals surface area contributed by atoms with Crippen LogP contribution in [0, 0.1) is 11.8 Å². The lowest BCUT2D eigenvalue weighted by atomic mass is 9.74. The molecule has 84 valence electrons. The smallest absolute Gasteiger partial charge is 0.0402 e. The Bertz CT molecular complexity index is 438. The minimum atomic E-state index is 0.228. The minimum absolute atomic E-state index is 0.228. The van der Waals surface area contributed by atoms with Crippen LogP contribution in [0.1, 0.15) is 32.3 Å². The van der Waals surface area contributed by atoms with Crippen LogP contribution in [0.25, 0.3) is 0 Å². The highest BCUT2D eigenvalue weighted by atomic mass is 15.1. The molecule has 0 aliphatic carbocycles. The molecule has 0 N–H and O–H groups in total. The van der Waals surface area contributed by atoms with E-state index in [0.29, 0.717) is 0 Å². The molecule has 0 amide bonds. The minimum Gasteiger partial charge on any atom is -0.374 e. The summed E-state index contributed by atoms with van der Waals surface area (Å²) in [5.74, 6) is 6.26. The molecule has 0 spiro atoms. The van der Waals surface area contributed by atoms with Gasteiger partial charge >= 0.3 is 0 Å². The Hall–Kier alpha value is -1.42. The van der Waals surface area contributed by atoms with Gasteiger partial charge in [0.2, 0.25) is 0 Å². The molecule has 16 heavy (non-hydrogen) atoms. The van der Waals surface area contributed by atoms with E-state index in [0.717, 1.165) is 13.0 Å². The third kappa shape index (κ3) is 1.80. The molecular weight excluding hydrogens is 194 g/mol. The molecule has 0 fully saturated rings. The van der Waals surface area contributed by atoms with Crippen molar-refractivity contribution in [1.29, 1.82) is 0 Å². The molecule has 0 unspecified atom stereocenters. The molecule has 1 heterocycles. The van der Waals surface area contributed by atoms with Crippen molar-refractivity contribution >= 4 is 5.69 Å². The zero-order valence-electron chi connectivity index (χ0n) is 10.4. The van der Waals surface area contributed by atoms with Gasteiger partial charge in [0.15, 0.2) is 0 Å². The number of rotatable bonds is 1. The van der Waals surface area contributed by atoms with Gasteiger partial charge in [0, 0.05) is 31.1 Å². The van der Waals surface area contributed by atoms with Crippen LogP contribution in [0.3, 0.4) is 0 Å². The fraction of sp³-hybridized carbons (Fsp3) is 0.467. The molecule has 1 nitrogen and oxygen atoms in total. The van der Waals surface area contributed by atoms with Crippen molar-refractivity contribution < 1.29 is 0 Å². The summed E-state index contributed by atoms with van der Waals surface area (Å²) in [6.07, 6.45) is 2.16. The molecule has 0 bridgehead atoms. The number of para-hydroxylation sites is 1. The lowest BCUT2D eigenvalue weighted by molar-refractivity contribution is 0.430. The normalized spacial score (nSPS) is 23.3. The van der Waals surface area contributed by atoms with Crippen LogP contribution < -0.4 is 4.90 Å². The van der Waals surface area contributed by atoms with E-state index in [1.165, 1.54) is 17.7 Å². The molecule has 1 atom stereocenters. The van der Waals surface area contributed by atoms with E-state index in [1.807, 2.05) is 6.92 Å². The second-order valence-electron chi connectivity index (χ2n) is 4.85. The van der Waals surface area contributed by atoms with Crippen molar-refractivity contribution in [3.63, 3.8) is 0 Å². The summed E-state index contributed by atoms with van der Waals surface area (Å²) in [7, 11) is 2.17. The highest BCUT2D eigenvalue weighted by Gasteiger charge is 2.32. The van der Waals surface area contributed by atoms with Crippen LogP contribution in [0.15, 0.2) is 24.3 Å². The molecule has 0 aromatic heterocycles. The molecule has 1 aliphatic rings. The van der Waals surface area contributed by atoms with Crippen LogP contribution in [0.5, 0.6) is 0 Å². The second-order valence-corrected chi connectivity index (χ2v) is 4.85. The van der Waals surface area contributed by atoms with Gasteiger partial charge in [-0.25, -0.2) is 0 Å². The number of nitrogens with zero attached hydrogens (tertiary/aromatic N) is 1. The van der Waals surface area contributed by atoms with Crippen LogP contribution in [0.2, 0.25) is 0 Å². The lowest BCUT2D eigenvalue weighted by Gasteiger charge is -2.39. The van der Waals surface area contributed by atoms with E-state index in [2.05, 4.69) is 55.0 Å². The molecule has 0 saturated carbocycles. The predicted octanol–water partition coefficient (Wildman–Crippen LogP) is 3.20. The first-order valence-electron chi connectivity index (χ1n) is 5.88. The van der Waals surface area contributed by atoms with Crippen LogP contribution in [-0.2, 0) is 5.41 Å². The predicted molar refractivity (Wildman–Crippen MR) is 69.7 cm³/mol. The van der Waals surface area contributed by atoms with Gasteiger partial charge in [-0.15, -0.1) is 11.8 Å². The molecule has 1 aromatic rings. The topological polar surface area (TPSA) is 3.24 Å². The summed E-state index contributed by atoms with van der Waals surface area (Å²) in [4.78, 5) is 2.34. The van der Waals surface area contributed by atoms with Crippen LogP contribution >= 0.6 is 0 Å². The van der Waals surface area contributed by atoms with E-state index in [4.69, 9.17) is 0 Å². The Morgan fingerprint density at radius 1 is 1.38 bits per heavy atom. The third-order valence-corrected chi connectivity index (χ3v) is 3.62. The van der Waals surface area contributed by atoms with Gasteiger partial charge in [0.25, 0.3) is 0 Å². The monoisotopic (exact) mass is 213 g/mol. The number of hydrogen-bond donors (Lipinski definition) is 0. The average molecular weight is 213 g/mol. The standard InChI is InChI=1S/C15H19N/c1-4-5-10-15(2)11-12-16(3)14-9-7-6-8-13(14)15/h6-9H,10-12H2,1-3H3/t15-/m0/s1. The Morgan fingerprint density at radius 2 is 2.12 bits per heavy atom. The summed E-state index contributed by atoms with van der Waals surface area (Å²) in [5.41, 5.74) is 3.05. The van der Waals surface area contributed by atoms with Crippen molar-refractivity contribution in [2.45, 2.75) is 32.1 Å². The maximum absolute atomic E-state index is 3.25. The third-order valence-electron chi connectivity index (χ3n) is 3.62. The van der Waals surface area contributed by atoms with Crippen molar-refractivity contribution in [2.75, 3.05) is 18.5 Å². The molecule has 0 radical (unpaired) electrons. The van der Waals surface area contributed by atoms with Crippen molar-refractivity contribution in [1.82, 2.24) is 0 Å². The van der Waals surface area contributed by atoms with Gasteiger partial charge in [-0.1, -0.05) is 25.1 Å². The number of benzene rings is 1. The van der Waals surface area contributed by atoms with Gasteiger partial charge in [-0.3, -0.25) is 0 Å². The van der Waals surface area contributed by atoms with Crippen molar-refractivity contribution in [2.24, 2.45) is 0 Å². The Balaban J connectivity index is 2.43. The number of fused-ring (bicyclic) bond motifs is 1. The molecule has 0 saturated heterocycles. The van der Waals surface area contributed by atoms with E-state index < -0.39 is 0 Å². The van der Waals surface area contributed by atoms with Crippen molar-refractivity contribution in [3.05, 3.63) is 29.8 Å². The van der Waals surface area contributed by atoms with Gasteiger partial charge in [0.1, 0.15) is 0 Å². The first-order chi connectivity index (χ1) is 7.67. The van der Waals surface area contributed by atoms with Gasteiger partial charge < -0.3 is 4.90 Å². The summed E-state index contributed by atoms with van der Waals surface area (Å²) in [6, 6.07) is 8.72. The molecular formula is C15H19N. The largest absolute Gasteiger partial charge is 0.374 e. The van der Waals surface area contributed by atoms with E-state index in [9.17, 15) is 0 Å². The summed E-state index contributed by atoms with van der Waals surface area (Å²) >= 11 is 0. The van der Waals surface area contributed by atoms with Gasteiger partial charge in [-0.2, -0.15) is 0 Å². The summed E-state index contributed by atoms with van der Waals surface area (Å²) in [6.45, 7) is 5.38. The Morgan fingerprint density at radius 3 is 2.88 bits per heavy atom. The fourth-order valence-electron chi connectivity index (χ4n) is 2.45. The SMILES string of the molecule is CC#CC[C@@]1(C)CCN(C)c2ccccc21. The zero-order valence-corrected chi connectivity index (χ0v) is 10.4. The molecule has 1 aliphatic heterocycles. The highest BCUT2D eigenvalue weighted by Crippen LogP contribution is 2.41. The van der Waals surface area contributed by atoms with E-state index in [-0.39, 0.29) is 5.41 Å². The van der Waals surface area contributed by atoms with Crippen molar-refractivity contribution in [3.8, 4) is 11.8 Å². The molecule has 1 aromatic carbocycles. The first kappa shape index (κ1) is 11.1. The Labute approximate surface area is 98.5 Å². The maximum atomic E-state index is 3.25. The maximum Gasteiger partial charge on any atom is 0.0402 e. The first-order valence-corrected chi connectivity index (χ1v) is 5.88.